The third kappa shape index (κ3) is 6.89. The molecule has 1 rings (SSSR count). The number of nitrogens with two attached hydrogens (primary N) is 1. The molecule has 0 bridgehead atoms. The molecule has 0 amide bonds. The van der Waals surface area contributed by atoms with E-state index in [9.17, 15) is 0 Å². The summed E-state index contributed by atoms with van der Waals surface area (Å²) in [6, 6.07) is 8.36. The monoisotopic (exact) mass is 308 g/mol. The van der Waals surface area contributed by atoms with Crippen molar-refractivity contribution in [2.75, 3.05) is 12.4 Å². The van der Waals surface area contributed by atoms with Crippen molar-refractivity contribution in [3.05, 3.63) is 29.8 Å². The summed E-state index contributed by atoms with van der Waals surface area (Å²) in [4.78, 5) is 0. The van der Waals surface area contributed by atoms with Gasteiger partial charge in [-0.3, -0.25) is 5.41 Å². The van der Waals surface area contributed by atoms with Crippen LogP contribution in [0.25, 0.3) is 0 Å². The molecule has 1 aromatic rings. The van der Waals surface area contributed by atoms with Crippen LogP contribution in [-0.4, -0.2) is 17.5 Å². The van der Waals surface area contributed by atoms with Gasteiger partial charge in [-0.15, -0.1) is 0 Å². The van der Waals surface area contributed by atoms with E-state index in [0.717, 1.165) is 12.2 Å². The first-order valence-corrected chi connectivity index (χ1v) is 8.29. The number of hydrogen-bond donors (Lipinski definition) is 2. The molecule has 0 aromatic heterocycles. The number of amidine groups is 1. The lowest BCUT2D eigenvalue weighted by molar-refractivity contribution is 0.283. The molecule has 0 radical (unpaired) electrons. The molecule has 4 heteroatoms. The highest BCUT2D eigenvalue weighted by molar-refractivity contribution is 8.13. The minimum Gasteiger partial charge on any atom is -0.493 e. The second-order valence-electron chi connectivity index (χ2n) is 7.21. The van der Waals surface area contributed by atoms with Crippen molar-refractivity contribution in [2.45, 2.75) is 46.5 Å². The van der Waals surface area contributed by atoms with Gasteiger partial charge in [-0.1, -0.05) is 58.5 Å². The normalized spacial score (nSPS) is 12.2. The van der Waals surface area contributed by atoms with Gasteiger partial charge in [0.05, 0.1) is 6.61 Å². The van der Waals surface area contributed by atoms with Crippen LogP contribution >= 0.6 is 11.8 Å². The highest BCUT2D eigenvalue weighted by atomic mass is 32.2. The van der Waals surface area contributed by atoms with Gasteiger partial charge in [0.2, 0.25) is 0 Å². The van der Waals surface area contributed by atoms with Crippen LogP contribution in [-0.2, 0) is 5.41 Å². The molecule has 0 saturated heterocycles. The van der Waals surface area contributed by atoms with Crippen LogP contribution in [0.15, 0.2) is 24.3 Å². The van der Waals surface area contributed by atoms with Crippen molar-refractivity contribution in [3.8, 4) is 5.75 Å². The first kappa shape index (κ1) is 17.9. The summed E-state index contributed by atoms with van der Waals surface area (Å²) < 4.78 is 5.65. The van der Waals surface area contributed by atoms with Crippen LogP contribution in [0.1, 0.15) is 46.6 Å². The fourth-order valence-electron chi connectivity index (χ4n) is 2.74. The van der Waals surface area contributed by atoms with Gasteiger partial charge in [0.15, 0.2) is 5.17 Å². The number of nitrogens with one attached hydrogen (secondary N) is 1. The zero-order chi connectivity index (χ0) is 16.1. The molecule has 1 aromatic carbocycles. The maximum Gasteiger partial charge on any atom is 0.151 e. The van der Waals surface area contributed by atoms with E-state index in [1.54, 1.807) is 0 Å². The summed E-state index contributed by atoms with van der Waals surface area (Å²) in [5.41, 5.74) is 7.08. The highest BCUT2D eigenvalue weighted by Crippen LogP contribution is 2.36. The summed E-state index contributed by atoms with van der Waals surface area (Å²) in [6.07, 6.45) is 1.13. The van der Waals surface area contributed by atoms with Crippen molar-refractivity contribution >= 4 is 16.9 Å². The second kappa shape index (κ2) is 7.21. The van der Waals surface area contributed by atoms with E-state index < -0.39 is 0 Å². The van der Waals surface area contributed by atoms with Crippen molar-refractivity contribution < 1.29 is 4.74 Å². The molecule has 0 heterocycles. The standard InChI is InChI=1S/C17H28N2OS/c1-16(2,3)12-17(4,5)13-6-8-14(9-7-13)20-10-11-21-15(18)19/h6-9H,10-12H2,1-5H3,(H3,18,19). The summed E-state index contributed by atoms with van der Waals surface area (Å²) in [5.74, 6) is 1.57. The molecule has 0 aliphatic carbocycles. The van der Waals surface area contributed by atoms with Gasteiger partial charge in [0.25, 0.3) is 0 Å². The molecule has 21 heavy (non-hydrogen) atoms. The van der Waals surface area contributed by atoms with E-state index >= 15 is 0 Å². The molecular formula is C17H28N2OS. The zero-order valence-electron chi connectivity index (χ0n) is 13.8. The second-order valence-corrected chi connectivity index (χ2v) is 8.34. The molecule has 0 saturated carbocycles. The van der Waals surface area contributed by atoms with Crippen LogP contribution in [0.2, 0.25) is 0 Å². The average Bonchev–Trinajstić information content (AvgIpc) is 2.32. The molecule has 0 aliphatic rings. The molecule has 3 nitrogen and oxygen atoms in total. The van der Waals surface area contributed by atoms with E-state index in [2.05, 4.69) is 46.8 Å². The van der Waals surface area contributed by atoms with Gasteiger partial charge in [0.1, 0.15) is 5.75 Å². The van der Waals surface area contributed by atoms with Crippen LogP contribution in [0.3, 0.4) is 0 Å². The van der Waals surface area contributed by atoms with Gasteiger partial charge in [-0.05, 0) is 34.9 Å². The Labute approximate surface area is 133 Å². The van der Waals surface area contributed by atoms with Gasteiger partial charge >= 0.3 is 0 Å². The molecule has 3 N–H and O–H groups in total. The Morgan fingerprint density at radius 1 is 1.14 bits per heavy atom. The van der Waals surface area contributed by atoms with E-state index in [0.29, 0.717) is 17.8 Å². The van der Waals surface area contributed by atoms with E-state index in [4.69, 9.17) is 15.9 Å². The number of rotatable bonds is 6. The lowest BCUT2D eigenvalue weighted by atomic mass is 9.72. The van der Waals surface area contributed by atoms with Crippen LogP contribution in [0.4, 0.5) is 0 Å². The molecular weight excluding hydrogens is 280 g/mol. The van der Waals surface area contributed by atoms with Crippen molar-refractivity contribution in [1.82, 2.24) is 0 Å². The average molecular weight is 308 g/mol. The third-order valence-electron chi connectivity index (χ3n) is 3.22. The molecule has 0 aliphatic heterocycles. The maximum atomic E-state index is 7.13. The summed E-state index contributed by atoms with van der Waals surface area (Å²) in [5, 5.41) is 7.27. The van der Waals surface area contributed by atoms with Crippen LogP contribution < -0.4 is 10.5 Å². The van der Waals surface area contributed by atoms with Crippen molar-refractivity contribution in [1.29, 1.82) is 5.41 Å². The summed E-state index contributed by atoms with van der Waals surface area (Å²) in [7, 11) is 0. The molecule has 0 fully saturated rings. The Morgan fingerprint density at radius 2 is 1.71 bits per heavy atom. The number of ether oxygens (including phenoxy) is 1. The van der Waals surface area contributed by atoms with E-state index in [-0.39, 0.29) is 10.6 Å². The highest BCUT2D eigenvalue weighted by Gasteiger charge is 2.27. The molecule has 0 atom stereocenters. The van der Waals surface area contributed by atoms with Gasteiger partial charge in [-0.2, -0.15) is 0 Å². The Kier molecular flexibility index (Phi) is 6.14. The minimum absolute atomic E-state index is 0.137. The summed E-state index contributed by atoms with van der Waals surface area (Å²) in [6.45, 7) is 12.0. The fourth-order valence-corrected chi connectivity index (χ4v) is 3.13. The third-order valence-corrected chi connectivity index (χ3v) is 3.90. The summed E-state index contributed by atoms with van der Waals surface area (Å²) >= 11 is 1.30. The largest absolute Gasteiger partial charge is 0.493 e. The Balaban J connectivity index is 2.59. The molecule has 118 valence electrons. The predicted octanol–water partition coefficient (Wildman–Crippen LogP) is 4.41. The van der Waals surface area contributed by atoms with E-state index in [1.807, 2.05) is 12.1 Å². The molecule has 0 unspecified atom stereocenters. The predicted molar refractivity (Wildman–Crippen MR) is 93.4 cm³/mol. The lowest BCUT2D eigenvalue weighted by Crippen LogP contribution is -2.24. The first-order valence-electron chi connectivity index (χ1n) is 7.30. The minimum atomic E-state index is 0.137. The maximum absolute atomic E-state index is 7.13. The number of benzene rings is 1. The Hall–Kier alpha value is -1.16. The Bertz CT molecular complexity index is 461. The molecule has 0 spiro atoms. The van der Waals surface area contributed by atoms with Crippen molar-refractivity contribution in [3.63, 3.8) is 0 Å². The topological polar surface area (TPSA) is 59.1 Å². The smallest absolute Gasteiger partial charge is 0.151 e. The van der Waals surface area contributed by atoms with Crippen LogP contribution in [0, 0.1) is 10.8 Å². The van der Waals surface area contributed by atoms with E-state index in [1.165, 1.54) is 17.3 Å². The quantitative estimate of drug-likeness (QED) is 0.465. The van der Waals surface area contributed by atoms with Gasteiger partial charge < -0.3 is 10.5 Å². The Morgan fingerprint density at radius 3 is 2.19 bits per heavy atom. The van der Waals surface area contributed by atoms with Gasteiger partial charge in [-0.25, -0.2) is 0 Å². The first-order chi connectivity index (χ1) is 9.60. The van der Waals surface area contributed by atoms with Gasteiger partial charge in [0, 0.05) is 5.75 Å². The fraction of sp³-hybridized carbons (Fsp3) is 0.588. The SMILES string of the molecule is CC(C)(C)CC(C)(C)c1ccc(OCCSC(=N)N)cc1. The number of thioether (sulfide) groups is 1. The lowest BCUT2D eigenvalue weighted by Gasteiger charge is -2.33. The van der Waals surface area contributed by atoms with Crippen molar-refractivity contribution in [2.24, 2.45) is 11.1 Å². The van der Waals surface area contributed by atoms with Crippen LogP contribution in [0.5, 0.6) is 5.75 Å². The zero-order valence-corrected chi connectivity index (χ0v) is 14.6. The number of hydrogen-bond acceptors (Lipinski definition) is 3.